The molecular weight excluding hydrogens is 685 g/mol. The lowest BCUT2D eigenvalue weighted by Gasteiger charge is -2.30. The Labute approximate surface area is 317 Å². The first-order valence-corrected chi connectivity index (χ1v) is 20.8. The van der Waals surface area contributed by atoms with Gasteiger partial charge in [-0.3, -0.25) is 9.59 Å². The van der Waals surface area contributed by atoms with Gasteiger partial charge in [-0.25, -0.2) is 22.7 Å². The molecule has 286 valence electrons. The van der Waals surface area contributed by atoms with Crippen molar-refractivity contribution >= 4 is 61.8 Å². The summed E-state index contributed by atoms with van der Waals surface area (Å²) < 4.78 is 29.9. The highest BCUT2D eigenvalue weighted by Crippen LogP contribution is 2.34. The van der Waals surface area contributed by atoms with Crippen LogP contribution in [0.1, 0.15) is 109 Å². The topological polar surface area (TPSA) is 124 Å². The Morgan fingerprint density at radius 1 is 0.774 bits per heavy atom. The molecule has 4 rings (SSSR count). The minimum absolute atomic E-state index is 0.0163. The zero-order valence-corrected chi connectivity index (χ0v) is 33.3. The Bertz CT molecular complexity index is 1880. The number of unbranched alkanes of at least 4 members (excludes halogenated alkanes) is 9. The molecule has 0 radical (unpaired) electrons. The van der Waals surface area contributed by atoms with Gasteiger partial charge in [0.25, 0.3) is 15.9 Å². The van der Waals surface area contributed by atoms with Crippen LogP contribution in [0.2, 0.25) is 0 Å². The van der Waals surface area contributed by atoms with Gasteiger partial charge in [0, 0.05) is 43.1 Å². The third-order valence-electron chi connectivity index (χ3n) is 9.67. The molecule has 0 fully saturated rings. The smallest absolute Gasteiger partial charge is 0.278 e. The zero-order valence-electron chi connectivity index (χ0n) is 32.5. The summed E-state index contributed by atoms with van der Waals surface area (Å²) >= 11 is 0. The predicted octanol–water partition coefficient (Wildman–Crippen LogP) is 9.86. The van der Waals surface area contributed by atoms with Crippen LogP contribution in [-0.4, -0.2) is 55.7 Å². The number of amidine groups is 1. The van der Waals surface area contributed by atoms with Crippen molar-refractivity contribution in [2.45, 2.75) is 117 Å². The SMILES string of the molecule is CCCCCCCCCCCCN1C(C(=Nc2ccc(N(CC)CC)cc2C)C(=O)Nc2cc(NC(=O)CC)ccc2C)=Nc2ccccc2S1(=O)=O. The van der Waals surface area contributed by atoms with Crippen molar-refractivity contribution < 1.29 is 18.0 Å². The van der Waals surface area contributed by atoms with Crippen LogP contribution < -0.4 is 15.5 Å². The van der Waals surface area contributed by atoms with Gasteiger partial charge in [-0.2, -0.15) is 0 Å². The molecule has 0 saturated heterocycles. The van der Waals surface area contributed by atoms with Gasteiger partial charge in [0.2, 0.25) is 5.91 Å². The lowest BCUT2D eigenvalue weighted by atomic mass is 10.1. The number of aliphatic imine (C=N–C) groups is 2. The zero-order chi connectivity index (χ0) is 38.4. The molecule has 11 heteroatoms. The average Bonchev–Trinajstić information content (AvgIpc) is 3.14. The molecular formula is C42H58N6O4S. The van der Waals surface area contributed by atoms with Crippen LogP contribution in [0.25, 0.3) is 0 Å². The van der Waals surface area contributed by atoms with Gasteiger partial charge in [-0.05, 0) is 87.7 Å². The highest BCUT2D eigenvalue weighted by Gasteiger charge is 2.38. The van der Waals surface area contributed by atoms with E-state index in [4.69, 9.17) is 9.98 Å². The number of fused-ring (bicyclic) bond motifs is 1. The number of benzene rings is 3. The first kappa shape index (κ1) is 41.2. The Morgan fingerprint density at radius 2 is 1.43 bits per heavy atom. The summed E-state index contributed by atoms with van der Waals surface area (Å²) in [6, 6.07) is 17.8. The van der Waals surface area contributed by atoms with E-state index in [1.807, 2.05) is 38.1 Å². The monoisotopic (exact) mass is 742 g/mol. The van der Waals surface area contributed by atoms with Crippen LogP contribution in [0.4, 0.5) is 28.4 Å². The number of carbonyl (C=O) groups is 2. The van der Waals surface area contributed by atoms with E-state index in [0.717, 1.165) is 49.2 Å². The lowest BCUT2D eigenvalue weighted by molar-refractivity contribution is -0.116. The van der Waals surface area contributed by atoms with Crippen LogP contribution in [-0.2, 0) is 19.6 Å². The molecule has 10 nitrogen and oxygen atoms in total. The molecule has 0 saturated carbocycles. The highest BCUT2D eigenvalue weighted by atomic mass is 32.2. The number of hydrogen-bond acceptors (Lipinski definition) is 7. The molecule has 1 aliphatic rings. The average molecular weight is 743 g/mol. The van der Waals surface area contributed by atoms with Gasteiger partial charge < -0.3 is 15.5 Å². The number of nitrogens with one attached hydrogen (secondary N) is 2. The fourth-order valence-corrected chi connectivity index (χ4v) is 8.04. The molecule has 0 bridgehead atoms. The van der Waals surface area contributed by atoms with Crippen LogP contribution in [0.3, 0.4) is 0 Å². The number of para-hydroxylation sites is 1. The van der Waals surface area contributed by atoms with Gasteiger partial charge in [-0.1, -0.05) is 89.8 Å². The first-order chi connectivity index (χ1) is 25.5. The number of anilines is 3. The maximum atomic E-state index is 14.5. The first-order valence-electron chi connectivity index (χ1n) is 19.4. The van der Waals surface area contributed by atoms with Crippen LogP contribution in [0.5, 0.6) is 0 Å². The van der Waals surface area contributed by atoms with Crippen molar-refractivity contribution in [3.05, 3.63) is 71.8 Å². The number of amides is 2. The molecule has 3 aromatic rings. The summed E-state index contributed by atoms with van der Waals surface area (Å²) in [6.45, 7) is 13.8. The molecule has 0 spiro atoms. The van der Waals surface area contributed by atoms with Gasteiger partial charge in [0.1, 0.15) is 4.90 Å². The lowest BCUT2D eigenvalue weighted by Crippen LogP contribution is -2.47. The highest BCUT2D eigenvalue weighted by molar-refractivity contribution is 7.90. The van der Waals surface area contributed by atoms with Crippen molar-refractivity contribution in [1.82, 2.24) is 4.31 Å². The number of rotatable bonds is 20. The Morgan fingerprint density at radius 3 is 2.08 bits per heavy atom. The normalized spacial score (nSPS) is 13.7. The number of carbonyl (C=O) groups excluding carboxylic acids is 2. The van der Waals surface area contributed by atoms with E-state index in [2.05, 4.69) is 36.3 Å². The van der Waals surface area contributed by atoms with E-state index in [0.29, 0.717) is 29.9 Å². The number of aryl methyl sites for hydroxylation is 2. The van der Waals surface area contributed by atoms with Gasteiger partial charge >= 0.3 is 0 Å². The summed E-state index contributed by atoms with van der Waals surface area (Å²) in [6.07, 6.45) is 11.4. The van der Waals surface area contributed by atoms with E-state index in [-0.39, 0.29) is 34.6 Å². The minimum atomic E-state index is -4.06. The molecule has 1 aliphatic heterocycles. The maximum absolute atomic E-state index is 14.5. The maximum Gasteiger partial charge on any atom is 0.278 e. The third kappa shape index (κ3) is 11.0. The second-order valence-corrected chi connectivity index (χ2v) is 15.5. The molecule has 53 heavy (non-hydrogen) atoms. The van der Waals surface area contributed by atoms with Crippen molar-refractivity contribution in [3.63, 3.8) is 0 Å². The quantitative estimate of drug-likeness (QED) is 0.0881. The van der Waals surface area contributed by atoms with Crippen molar-refractivity contribution in [2.75, 3.05) is 35.2 Å². The summed E-state index contributed by atoms with van der Waals surface area (Å²) in [5.74, 6) is -0.779. The van der Waals surface area contributed by atoms with Gasteiger partial charge in [0.15, 0.2) is 11.5 Å². The van der Waals surface area contributed by atoms with Crippen LogP contribution >= 0.6 is 0 Å². The largest absolute Gasteiger partial charge is 0.372 e. The summed E-state index contributed by atoms with van der Waals surface area (Å²) in [5, 5.41) is 5.82. The second-order valence-electron chi connectivity index (χ2n) is 13.7. The summed E-state index contributed by atoms with van der Waals surface area (Å²) in [4.78, 5) is 38.8. The van der Waals surface area contributed by atoms with Crippen LogP contribution in [0.15, 0.2) is 75.5 Å². The molecule has 0 atom stereocenters. The molecule has 0 unspecified atom stereocenters. The minimum Gasteiger partial charge on any atom is -0.372 e. The Kier molecular flexibility index (Phi) is 15.6. The summed E-state index contributed by atoms with van der Waals surface area (Å²) in [7, 11) is -4.06. The predicted molar refractivity (Wildman–Crippen MR) is 220 cm³/mol. The van der Waals surface area contributed by atoms with E-state index >= 15 is 0 Å². The van der Waals surface area contributed by atoms with E-state index in [1.54, 1.807) is 43.3 Å². The second kappa shape index (κ2) is 20.1. The van der Waals surface area contributed by atoms with E-state index < -0.39 is 15.9 Å². The number of nitrogens with zero attached hydrogens (tertiary/aromatic N) is 4. The standard InChI is InChI=1S/C42H58N6O4S/c1-7-11-12-13-14-15-16-17-18-21-28-48-41(45-36-22-19-20-23-38(36)53(48,51)52)40(44-35-27-26-34(29-32(35)6)47(9-3)10-4)42(50)46-37-30-33(25-24-31(37)5)43-39(49)8-2/h19-20,22-27,29-30H,7-18,21,28H2,1-6H3,(H,43,49)(H,46,50). The summed E-state index contributed by atoms with van der Waals surface area (Å²) in [5.41, 5.74) is 4.31. The fourth-order valence-electron chi connectivity index (χ4n) is 6.45. The fraction of sp³-hybridized carbons (Fsp3) is 0.476. The van der Waals surface area contributed by atoms with Crippen molar-refractivity contribution in [3.8, 4) is 0 Å². The molecule has 2 amide bonds. The molecule has 0 aromatic heterocycles. The number of hydrogen-bond donors (Lipinski definition) is 2. The van der Waals surface area contributed by atoms with Gasteiger partial charge in [-0.15, -0.1) is 0 Å². The van der Waals surface area contributed by atoms with Crippen molar-refractivity contribution in [1.29, 1.82) is 0 Å². The molecule has 2 N–H and O–H groups in total. The Balaban J connectivity index is 1.73. The van der Waals surface area contributed by atoms with Crippen LogP contribution in [0, 0.1) is 13.8 Å². The molecule has 0 aliphatic carbocycles. The molecule has 1 heterocycles. The third-order valence-corrected chi connectivity index (χ3v) is 11.5. The van der Waals surface area contributed by atoms with Crippen molar-refractivity contribution in [2.24, 2.45) is 9.98 Å². The molecule has 3 aromatic carbocycles. The van der Waals surface area contributed by atoms with E-state index in [9.17, 15) is 18.0 Å². The Hall–Kier alpha value is -4.51. The number of sulfonamides is 1. The van der Waals surface area contributed by atoms with Gasteiger partial charge in [0.05, 0.1) is 11.4 Å². The van der Waals surface area contributed by atoms with E-state index in [1.165, 1.54) is 42.8 Å².